The number of urea groups is 1. The Labute approximate surface area is 58.6 Å². The van der Waals surface area contributed by atoms with Gasteiger partial charge in [0.2, 0.25) is 0 Å². The fourth-order valence-corrected chi connectivity index (χ4v) is 0.0833. The van der Waals surface area contributed by atoms with Gasteiger partial charge < -0.3 is 16.2 Å². The zero-order valence-electron chi connectivity index (χ0n) is 5.66. The zero-order chi connectivity index (χ0) is 8.57. The van der Waals surface area contributed by atoms with E-state index in [0.717, 1.165) is 6.08 Å². The van der Waals surface area contributed by atoms with Crippen molar-refractivity contribution in [2.75, 3.05) is 7.11 Å². The number of methoxy groups -OCH3 is 1. The summed E-state index contributed by atoms with van der Waals surface area (Å²) in [5.74, 6) is -0.394. The quantitative estimate of drug-likeness (QED) is 0.380. The van der Waals surface area contributed by atoms with Crippen molar-refractivity contribution in [2.24, 2.45) is 11.5 Å². The molecule has 0 saturated carbocycles. The third-order valence-electron chi connectivity index (χ3n) is 0.368. The van der Waals surface area contributed by atoms with E-state index in [-0.39, 0.29) is 0 Å². The highest BCUT2D eigenvalue weighted by molar-refractivity contribution is 5.80. The van der Waals surface area contributed by atoms with Crippen LogP contribution in [0.15, 0.2) is 12.7 Å². The Balaban J connectivity index is 0. The van der Waals surface area contributed by atoms with Crippen LogP contribution in [0.25, 0.3) is 0 Å². The van der Waals surface area contributed by atoms with Crippen molar-refractivity contribution in [3.63, 3.8) is 0 Å². The lowest BCUT2D eigenvalue weighted by Gasteiger charge is -1.83. The van der Waals surface area contributed by atoms with Gasteiger partial charge in [0.25, 0.3) is 0 Å². The fourth-order valence-electron chi connectivity index (χ4n) is 0.0833. The van der Waals surface area contributed by atoms with Gasteiger partial charge in [-0.25, -0.2) is 9.59 Å². The molecule has 0 aromatic heterocycles. The first-order valence-electron chi connectivity index (χ1n) is 2.29. The summed E-state index contributed by atoms with van der Waals surface area (Å²) in [6.07, 6.45) is 1.11. The third kappa shape index (κ3) is 31.6. The van der Waals surface area contributed by atoms with Gasteiger partial charge in [0.05, 0.1) is 7.11 Å². The predicted octanol–water partition coefficient (Wildman–Crippen LogP) is -0.631. The molecule has 10 heavy (non-hydrogen) atoms. The lowest BCUT2D eigenvalue weighted by molar-refractivity contribution is -0.134. The molecule has 0 aromatic carbocycles. The minimum Gasteiger partial charge on any atom is -0.466 e. The average Bonchev–Trinajstić information content (AvgIpc) is 1.85. The van der Waals surface area contributed by atoms with Crippen LogP contribution in [0, 0.1) is 0 Å². The summed E-state index contributed by atoms with van der Waals surface area (Å²) in [5.41, 5.74) is 8.50. The number of rotatable bonds is 1. The number of esters is 1. The Kier molecular flexibility index (Phi) is 8.45. The molecule has 4 N–H and O–H groups in total. The van der Waals surface area contributed by atoms with Gasteiger partial charge in [0.1, 0.15) is 0 Å². The standard InChI is InChI=1S/C4H6O2.CH4N2O/c1-3-4(5)6-2;2-1(3)4/h3H,1H2,2H3;(H4,2,3,4). The number of hydrogen-bond acceptors (Lipinski definition) is 3. The minimum atomic E-state index is -0.833. The van der Waals surface area contributed by atoms with E-state index < -0.39 is 12.0 Å². The van der Waals surface area contributed by atoms with Crippen LogP contribution in [0.1, 0.15) is 0 Å². The van der Waals surface area contributed by atoms with E-state index in [1.807, 2.05) is 0 Å². The maximum absolute atomic E-state index is 9.84. The number of amides is 2. The molecule has 5 heteroatoms. The Morgan fingerprint density at radius 1 is 1.50 bits per heavy atom. The first kappa shape index (κ1) is 11.3. The maximum Gasteiger partial charge on any atom is 0.329 e. The van der Waals surface area contributed by atoms with Crippen LogP contribution in [0.2, 0.25) is 0 Å². The molecule has 0 saturated heterocycles. The summed E-state index contributed by atoms with van der Waals surface area (Å²) < 4.78 is 4.14. The van der Waals surface area contributed by atoms with Gasteiger partial charge in [-0.15, -0.1) is 0 Å². The molecule has 0 aliphatic carbocycles. The summed E-state index contributed by atoms with van der Waals surface area (Å²) in [7, 11) is 1.31. The van der Waals surface area contributed by atoms with Gasteiger partial charge in [-0.2, -0.15) is 0 Å². The van der Waals surface area contributed by atoms with E-state index in [2.05, 4.69) is 22.8 Å². The molecule has 0 radical (unpaired) electrons. The van der Waals surface area contributed by atoms with Crippen molar-refractivity contribution in [3.05, 3.63) is 12.7 Å². The molecule has 5 nitrogen and oxygen atoms in total. The lowest BCUT2D eigenvalue weighted by Crippen LogP contribution is -2.18. The second kappa shape index (κ2) is 7.48. The van der Waals surface area contributed by atoms with E-state index in [4.69, 9.17) is 4.79 Å². The molecular weight excluding hydrogens is 136 g/mol. The van der Waals surface area contributed by atoms with Crippen LogP contribution < -0.4 is 11.5 Å². The van der Waals surface area contributed by atoms with Gasteiger partial charge in [-0.3, -0.25) is 0 Å². The lowest BCUT2D eigenvalue weighted by atomic mass is 10.7. The molecule has 0 rings (SSSR count). The number of carbonyl (C=O) groups excluding carboxylic acids is 2. The molecule has 0 atom stereocenters. The summed E-state index contributed by atoms with van der Waals surface area (Å²) >= 11 is 0. The van der Waals surface area contributed by atoms with Crippen LogP contribution in [0.4, 0.5) is 4.79 Å². The molecule has 0 fully saturated rings. The van der Waals surface area contributed by atoms with Gasteiger partial charge in [-0.1, -0.05) is 6.58 Å². The Morgan fingerprint density at radius 2 is 1.80 bits per heavy atom. The van der Waals surface area contributed by atoms with Crippen molar-refractivity contribution in [3.8, 4) is 0 Å². The zero-order valence-corrected chi connectivity index (χ0v) is 5.66. The average molecular weight is 146 g/mol. The van der Waals surface area contributed by atoms with Crippen LogP contribution in [-0.4, -0.2) is 19.1 Å². The summed E-state index contributed by atoms with van der Waals surface area (Å²) in [6.45, 7) is 3.16. The van der Waals surface area contributed by atoms with Crippen LogP contribution >= 0.6 is 0 Å². The normalized spacial score (nSPS) is 6.50. The van der Waals surface area contributed by atoms with Crippen LogP contribution in [-0.2, 0) is 9.53 Å². The molecule has 0 aliphatic rings. The van der Waals surface area contributed by atoms with E-state index in [1.54, 1.807) is 0 Å². The van der Waals surface area contributed by atoms with Gasteiger partial charge >= 0.3 is 12.0 Å². The molecule has 0 bridgehead atoms. The Bertz CT molecular complexity index is 129. The van der Waals surface area contributed by atoms with Crippen LogP contribution in [0.3, 0.4) is 0 Å². The maximum atomic E-state index is 9.84. The number of primary amides is 2. The predicted molar refractivity (Wildman–Crippen MR) is 36.0 cm³/mol. The van der Waals surface area contributed by atoms with E-state index >= 15 is 0 Å². The van der Waals surface area contributed by atoms with Crippen LogP contribution in [0.5, 0.6) is 0 Å². The smallest absolute Gasteiger partial charge is 0.329 e. The van der Waals surface area contributed by atoms with Gasteiger partial charge in [0, 0.05) is 6.08 Å². The molecule has 0 spiro atoms. The highest BCUT2D eigenvalue weighted by Crippen LogP contribution is 1.67. The SMILES string of the molecule is C=CC(=O)OC.NC(N)=O. The second-order valence-electron chi connectivity index (χ2n) is 1.13. The number of ether oxygens (including phenoxy) is 1. The molecule has 0 aliphatic heterocycles. The van der Waals surface area contributed by atoms with Crippen molar-refractivity contribution in [1.82, 2.24) is 0 Å². The van der Waals surface area contributed by atoms with Crippen molar-refractivity contribution < 1.29 is 14.3 Å². The van der Waals surface area contributed by atoms with Gasteiger partial charge in [0.15, 0.2) is 0 Å². The summed E-state index contributed by atoms with van der Waals surface area (Å²) in [6, 6.07) is -0.833. The summed E-state index contributed by atoms with van der Waals surface area (Å²) in [5, 5.41) is 0. The molecule has 0 unspecified atom stereocenters. The largest absolute Gasteiger partial charge is 0.466 e. The third-order valence-corrected chi connectivity index (χ3v) is 0.368. The van der Waals surface area contributed by atoms with Crippen molar-refractivity contribution >= 4 is 12.0 Å². The number of carbonyl (C=O) groups is 2. The molecule has 0 heterocycles. The van der Waals surface area contributed by atoms with Crippen molar-refractivity contribution in [2.45, 2.75) is 0 Å². The minimum absolute atomic E-state index is 0.394. The first-order chi connectivity index (χ1) is 4.54. The number of hydrogen-bond donors (Lipinski definition) is 2. The molecule has 0 aromatic rings. The Morgan fingerprint density at radius 3 is 1.80 bits per heavy atom. The highest BCUT2D eigenvalue weighted by atomic mass is 16.5. The highest BCUT2D eigenvalue weighted by Gasteiger charge is 1.81. The number of nitrogens with two attached hydrogens (primary N) is 2. The Hall–Kier alpha value is -1.52. The first-order valence-corrected chi connectivity index (χ1v) is 2.29. The van der Waals surface area contributed by atoms with E-state index in [9.17, 15) is 4.79 Å². The molecular formula is C5H10N2O3. The molecule has 58 valence electrons. The second-order valence-corrected chi connectivity index (χ2v) is 1.13. The fraction of sp³-hybridized carbons (Fsp3) is 0.200. The van der Waals surface area contributed by atoms with E-state index in [1.165, 1.54) is 7.11 Å². The van der Waals surface area contributed by atoms with Crippen molar-refractivity contribution in [1.29, 1.82) is 0 Å². The van der Waals surface area contributed by atoms with Gasteiger partial charge in [-0.05, 0) is 0 Å². The summed E-state index contributed by atoms with van der Waals surface area (Å²) in [4.78, 5) is 18.8. The monoisotopic (exact) mass is 146 g/mol. The topological polar surface area (TPSA) is 95.4 Å². The molecule has 2 amide bonds. The van der Waals surface area contributed by atoms with E-state index in [0.29, 0.717) is 0 Å².